The number of rotatable bonds is 6. The van der Waals surface area contributed by atoms with Gasteiger partial charge in [-0.3, -0.25) is 14.7 Å². The quantitative estimate of drug-likeness (QED) is 0.510. The second kappa shape index (κ2) is 9.07. The van der Waals surface area contributed by atoms with Crippen molar-refractivity contribution >= 4 is 11.9 Å². The highest BCUT2D eigenvalue weighted by molar-refractivity contribution is 6.15. The summed E-state index contributed by atoms with van der Waals surface area (Å²) in [5.74, 6) is 2.83. The van der Waals surface area contributed by atoms with Crippen molar-refractivity contribution in [1.29, 1.82) is 0 Å². The Bertz CT molecular complexity index is 1270. The first kappa shape index (κ1) is 21.8. The van der Waals surface area contributed by atoms with E-state index in [0.717, 1.165) is 11.3 Å². The molecule has 8 nitrogen and oxygen atoms in total. The Hall–Kier alpha value is -4.04. The van der Waals surface area contributed by atoms with Gasteiger partial charge >= 0.3 is 0 Å². The minimum atomic E-state index is -0.198. The summed E-state index contributed by atoms with van der Waals surface area (Å²) in [6.07, 6.45) is 3.43. The van der Waals surface area contributed by atoms with Crippen molar-refractivity contribution in [3.05, 3.63) is 76.8 Å². The Balaban J connectivity index is 1.46. The second-order valence-corrected chi connectivity index (χ2v) is 7.89. The summed E-state index contributed by atoms with van der Waals surface area (Å²) < 4.78 is 28.3. The Labute approximate surface area is 197 Å². The zero-order valence-corrected chi connectivity index (χ0v) is 19.2. The summed E-state index contributed by atoms with van der Waals surface area (Å²) in [6.45, 7) is 1.64. The molecule has 3 heterocycles. The molecule has 0 amide bonds. The van der Waals surface area contributed by atoms with E-state index in [2.05, 4.69) is 9.88 Å². The molecule has 34 heavy (non-hydrogen) atoms. The van der Waals surface area contributed by atoms with Gasteiger partial charge in [-0.1, -0.05) is 6.07 Å². The van der Waals surface area contributed by atoms with Crippen LogP contribution in [0.25, 0.3) is 6.08 Å². The summed E-state index contributed by atoms with van der Waals surface area (Å²) in [4.78, 5) is 19.7. The number of carbonyl (C=O) groups excluding carboxylic acids is 1. The van der Waals surface area contributed by atoms with E-state index in [1.165, 1.54) is 0 Å². The number of methoxy groups -OCH3 is 3. The van der Waals surface area contributed by atoms with Crippen LogP contribution >= 0.6 is 0 Å². The highest BCUT2D eigenvalue weighted by Gasteiger charge is 2.34. The van der Waals surface area contributed by atoms with Crippen LogP contribution in [0.5, 0.6) is 28.7 Å². The number of allylic oxidation sites excluding steroid dienone is 1. The Kier molecular flexibility index (Phi) is 5.81. The maximum Gasteiger partial charge on any atom is 0.231 e. The number of ether oxygens (including phenoxy) is 5. The molecule has 0 saturated heterocycles. The Morgan fingerprint density at radius 2 is 1.82 bits per heavy atom. The maximum atomic E-state index is 13.2. The van der Waals surface area contributed by atoms with Gasteiger partial charge in [0.1, 0.15) is 24.0 Å². The number of fused-ring (bicyclic) bond motifs is 3. The molecule has 0 N–H and O–H groups in total. The number of aromatic nitrogens is 1. The van der Waals surface area contributed by atoms with Gasteiger partial charge in [0.05, 0.1) is 38.2 Å². The molecule has 3 aromatic rings. The molecular weight excluding hydrogens is 436 g/mol. The number of benzene rings is 2. The fourth-order valence-electron chi connectivity index (χ4n) is 4.13. The van der Waals surface area contributed by atoms with Gasteiger partial charge in [0.25, 0.3) is 0 Å². The molecular formula is C26H24N2O6. The van der Waals surface area contributed by atoms with E-state index in [1.54, 1.807) is 51.8 Å². The fourth-order valence-corrected chi connectivity index (χ4v) is 4.13. The predicted molar refractivity (Wildman–Crippen MR) is 124 cm³/mol. The van der Waals surface area contributed by atoms with Crippen LogP contribution in [0.2, 0.25) is 0 Å². The first-order valence-electron chi connectivity index (χ1n) is 10.8. The minimum Gasteiger partial charge on any atom is -0.496 e. The van der Waals surface area contributed by atoms with Gasteiger partial charge in [-0.15, -0.1) is 0 Å². The van der Waals surface area contributed by atoms with Crippen LogP contribution < -0.4 is 23.7 Å². The van der Waals surface area contributed by atoms with Crippen molar-refractivity contribution in [2.75, 3.05) is 28.1 Å². The van der Waals surface area contributed by atoms with Crippen LogP contribution in [0.15, 0.2) is 54.4 Å². The topological polar surface area (TPSA) is 79.3 Å². The van der Waals surface area contributed by atoms with Crippen molar-refractivity contribution in [2.24, 2.45) is 0 Å². The number of nitrogens with zero attached hydrogens (tertiary/aromatic N) is 2. The molecule has 1 aromatic heterocycles. The molecule has 0 aliphatic carbocycles. The standard InChI is InChI=1S/C26H24N2O6/c1-30-21-12-23(32-3)22(31-2)10-16(21)11-24-25(29)18-7-8-20-19(26(18)34-24)14-28(15-33-20)13-17-6-4-5-9-27-17/h4-12H,13-15H2,1-3H3/b24-11-. The molecule has 0 unspecified atom stereocenters. The lowest BCUT2D eigenvalue weighted by Gasteiger charge is -2.29. The second-order valence-electron chi connectivity index (χ2n) is 7.89. The van der Waals surface area contributed by atoms with Crippen molar-refractivity contribution in [3.63, 3.8) is 0 Å². The SMILES string of the molecule is COc1cc(OC)c(OC)cc1/C=C1\Oc2c(ccc3c2CN(Cc2ccccn2)CO3)C1=O. The highest BCUT2D eigenvalue weighted by atomic mass is 16.5. The molecule has 5 rings (SSSR count). The average Bonchev–Trinajstić information content (AvgIpc) is 3.19. The lowest BCUT2D eigenvalue weighted by atomic mass is 10.0. The first-order valence-corrected chi connectivity index (χ1v) is 10.8. The van der Waals surface area contributed by atoms with E-state index in [0.29, 0.717) is 59.7 Å². The fraction of sp³-hybridized carbons (Fsp3) is 0.231. The van der Waals surface area contributed by atoms with Crippen LogP contribution in [0.3, 0.4) is 0 Å². The van der Waals surface area contributed by atoms with Crippen molar-refractivity contribution < 1.29 is 28.5 Å². The van der Waals surface area contributed by atoms with Gasteiger partial charge in [0, 0.05) is 30.9 Å². The molecule has 0 radical (unpaired) electrons. The van der Waals surface area contributed by atoms with Gasteiger partial charge in [-0.2, -0.15) is 0 Å². The lowest BCUT2D eigenvalue weighted by molar-refractivity contribution is 0.0861. The normalized spacial score (nSPS) is 15.9. The lowest BCUT2D eigenvalue weighted by Crippen LogP contribution is -2.32. The van der Waals surface area contributed by atoms with Crippen molar-refractivity contribution in [3.8, 4) is 28.7 Å². The number of carbonyl (C=O) groups is 1. The third-order valence-corrected chi connectivity index (χ3v) is 5.82. The smallest absolute Gasteiger partial charge is 0.231 e. The largest absolute Gasteiger partial charge is 0.496 e. The number of pyridine rings is 1. The third kappa shape index (κ3) is 3.92. The van der Waals surface area contributed by atoms with E-state index in [-0.39, 0.29) is 11.5 Å². The minimum absolute atomic E-state index is 0.198. The molecule has 0 saturated carbocycles. The number of Topliss-reactive ketones (excluding diaryl/α,β-unsaturated/α-hetero) is 1. The Morgan fingerprint density at radius 1 is 1.03 bits per heavy atom. The molecule has 0 fully saturated rings. The van der Waals surface area contributed by atoms with Crippen molar-refractivity contribution in [2.45, 2.75) is 13.1 Å². The zero-order valence-electron chi connectivity index (χ0n) is 19.2. The van der Waals surface area contributed by atoms with E-state index >= 15 is 0 Å². The summed E-state index contributed by atoms with van der Waals surface area (Å²) in [5, 5.41) is 0. The summed E-state index contributed by atoms with van der Waals surface area (Å²) in [6, 6.07) is 12.9. The third-order valence-electron chi connectivity index (χ3n) is 5.82. The average molecular weight is 460 g/mol. The monoisotopic (exact) mass is 460 g/mol. The van der Waals surface area contributed by atoms with E-state index in [1.807, 2.05) is 24.3 Å². The maximum absolute atomic E-state index is 13.2. The van der Waals surface area contributed by atoms with Gasteiger partial charge in [0.15, 0.2) is 17.3 Å². The molecule has 174 valence electrons. The Morgan fingerprint density at radius 3 is 2.56 bits per heavy atom. The molecule has 2 aliphatic heterocycles. The summed E-state index contributed by atoms with van der Waals surface area (Å²) in [5.41, 5.74) is 2.93. The number of hydrogen-bond acceptors (Lipinski definition) is 8. The predicted octanol–water partition coefficient (Wildman–Crippen LogP) is 4.08. The van der Waals surface area contributed by atoms with Crippen LogP contribution in [0.1, 0.15) is 27.2 Å². The zero-order chi connectivity index (χ0) is 23.7. The molecule has 0 atom stereocenters. The van der Waals surface area contributed by atoms with Crippen LogP contribution in [0, 0.1) is 0 Å². The van der Waals surface area contributed by atoms with Crippen LogP contribution in [-0.2, 0) is 13.1 Å². The highest BCUT2D eigenvalue weighted by Crippen LogP contribution is 2.43. The van der Waals surface area contributed by atoms with Gasteiger partial charge in [0.2, 0.25) is 5.78 Å². The number of ketones is 1. The van der Waals surface area contributed by atoms with Crippen molar-refractivity contribution in [1.82, 2.24) is 9.88 Å². The summed E-state index contributed by atoms with van der Waals surface area (Å²) in [7, 11) is 4.66. The van der Waals surface area contributed by atoms with Crippen LogP contribution in [-0.4, -0.2) is 43.7 Å². The molecule has 2 aliphatic rings. The van der Waals surface area contributed by atoms with E-state index in [9.17, 15) is 4.79 Å². The molecule has 0 spiro atoms. The van der Waals surface area contributed by atoms with Gasteiger partial charge in [-0.25, -0.2) is 0 Å². The first-order chi connectivity index (χ1) is 16.6. The van der Waals surface area contributed by atoms with Gasteiger partial charge < -0.3 is 23.7 Å². The van der Waals surface area contributed by atoms with E-state index < -0.39 is 0 Å². The summed E-state index contributed by atoms with van der Waals surface area (Å²) >= 11 is 0. The van der Waals surface area contributed by atoms with Gasteiger partial charge in [-0.05, 0) is 36.4 Å². The molecule has 0 bridgehead atoms. The van der Waals surface area contributed by atoms with E-state index in [4.69, 9.17) is 23.7 Å². The van der Waals surface area contributed by atoms with Crippen LogP contribution in [0.4, 0.5) is 0 Å². The number of hydrogen-bond donors (Lipinski definition) is 0. The molecule has 2 aromatic carbocycles. The molecule has 8 heteroatoms.